The summed E-state index contributed by atoms with van der Waals surface area (Å²) in [6.07, 6.45) is 6.51. The van der Waals surface area contributed by atoms with Crippen LogP contribution < -0.4 is 0 Å². The highest BCUT2D eigenvalue weighted by molar-refractivity contribution is 7.13. The number of rotatable bonds is 4. The molecule has 7 heteroatoms. The van der Waals surface area contributed by atoms with Gasteiger partial charge in [-0.25, -0.2) is 15.0 Å². The van der Waals surface area contributed by atoms with Crippen LogP contribution in [0.15, 0.2) is 42.3 Å². The summed E-state index contributed by atoms with van der Waals surface area (Å²) in [5.41, 5.74) is 0.462. The number of H-pyrrole nitrogens is 1. The number of nitrogens with one attached hydrogen (secondary N) is 1. The van der Waals surface area contributed by atoms with E-state index in [1.165, 1.54) is 0 Å². The smallest absolute Gasteiger partial charge is 0.257 e. The molecule has 0 atom stereocenters. The second kappa shape index (κ2) is 5.84. The van der Waals surface area contributed by atoms with Gasteiger partial charge in [-0.1, -0.05) is 6.07 Å². The standard InChI is InChI=1S/C14H13N5OS/c1-19(9-12-15-4-5-16-12)14(20)10-7-17-13(18-8-10)11-3-2-6-21-11/h2-8H,9H2,1H3,(H,15,16). The Morgan fingerprint density at radius 3 is 2.76 bits per heavy atom. The largest absolute Gasteiger partial charge is 0.347 e. The van der Waals surface area contributed by atoms with Crippen molar-refractivity contribution in [2.24, 2.45) is 0 Å². The molecule has 0 radical (unpaired) electrons. The Morgan fingerprint density at radius 2 is 2.14 bits per heavy atom. The van der Waals surface area contributed by atoms with Gasteiger partial charge in [0, 0.05) is 31.8 Å². The van der Waals surface area contributed by atoms with Crippen molar-refractivity contribution in [1.82, 2.24) is 24.8 Å². The normalized spacial score (nSPS) is 10.5. The zero-order chi connectivity index (χ0) is 14.7. The van der Waals surface area contributed by atoms with E-state index in [1.807, 2.05) is 17.5 Å². The molecule has 0 aliphatic heterocycles. The molecule has 0 saturated carbocycles. The number of carbonyl (C=O) groups excluding carboxylic acids is 1. The molecule has 21 heavy (non-hydrogen) atoms. The summed E-state index contributed by atoms with van der Waals surface area (Å²) >= 11 is 1.57. The second-order valence-corrected chi connectivity index (χ2v) is 5.42. The first-order valence-electron chi connectivity index (χ1n) is 6.33. The Bertz CT molecular complexity index is 706. The van der Waals surface area contributed by atoms with E-state index in [4.69, 9.17) is 0 Å². The van der Waals surface area contributed by atoms with Crippen molar-refractivity contribution in [1.29, 1.82) is 0 Å². The van der Waals surface area contributed by atoms with Crippen molar-refractivity contribution < 1.29 is 4.79 Å². The number of hydrogen-bond donors (Lipinski definition) is 1. The van der Waals surface area contributed by atoms with E-state index < -0.39 is 0 Å². The SMILES string of the molecule is CN(Cc1ncc[nH]1)C(=O)c1cnc(-c2cccs2)nc1. The Kier molecular flexibility index (Phi) is 3.74. The average molecular weight is 299 g/mol. The Hall–Kier alpha value is -2.54. The van der Waals surface area contributed by atoms with Crippen molar-refractivity contribution in [2.75, 3.05) is 7.05 Å². The summed E-state index contributed by atoms with van der Waals surface area (Å²) in [6.45, 7) is 0.415. The monoisotopic (exact) mass is 299 g/mol. The van der Waals surface area contributed by atoms with E-state index >= 15 is 0 Å². The molecule has 0 aliphatic rings. The van der Waals surface area contributed by atoms with Gasteiger partial charge in [-0.2, -0.15) is 0 Å². The van der Waals surface area contributed by atoms with Gasteiger partial charge < -0.3 is 9.88 Å². The molecule has 1 amide bonds. The maximum absolute atomic E-state index is 12.3. The van der Waals surface area contributed by atoms with Crippen LogP contribution in [-0.4, -0.2) is 37.8 Å². The van der Waals surface area contributed by atoms with E-state index in [1.54, 1.807) is 48.1 Å². The van der Waals surface area contributed by atoms with Gasteiger partial charge in [0.05, 0.1) is 17.0 Å². The van der Waals surface area contributed by atoms with Crippen molar-refractivity contribution in [3.63, 3.8) is 0 Å². The van der Waals surface area contributed by atoms with Crippen LogP contribution in [-0.2, 0) is 6.54 Å². The fourth-order valence-corrected chi connectivity index (χ4v) is 2.54. The molecule has 0 bridgehead atoms. The van der Waals surface area contributed by atoms with Gasteiger partial charge in [-0.05, 0) is 11.4 Å². The number of nitrogens with zero attached hydrogens (tertiary/aromatic N) is 4. The molecule has 1 N–H and O–H groups in total. The lowest BCUT2D eigenvalue weighted by Crippen LogP contribution is -2.27. The Balaban J connectivity index is 1.72. The minimum Gasteiger partial charge on any atom is -0.347 e. The maximum Gasteiger partial charge on any atom is 0.257 e. The molecule has 3 aromatic rings. The second-order valence-electron chi connectivity index (χ2n) is 4.47. The molecule has 3 aromatic heterocycles. The lowest BCUT2D eigenvalue weighted by molar-refractivity contribution is 0.0781. The lowest BCUT2D eigenvalue weighted by atomic mass is 10.3. The molecule has 0 saturated heterocycles. The number of aromatic nitrogens is 4. The van der Waals surface area contributed by atoms with Gasteiger partial charge >= 0.3 is 0 Å². The highest BCUT2D eigenvalue weighted by atomic mass is 32.1. The zero-order valence-electron chi connectivity index (χ0n) is 11.4. The van der Waals surface area contributed by atoms with Gasteiger partial charge in [0.2, 0.25) is 0 Å². The summed E-state index contributed by atoms with van der Waals surface area (Å²) < 4.78 is 0. The Morgan fingerprint density at radius 1 is 1.33 bits per heavy atom. The van der Waals surface area contributed by atoms with Gasteiger partial charge in [0.25, 0.3) is 5.91 Å². The molecule has 0 aliphatic carbocycles. The van der Waals surface area contributed by atoms with Crippen molar-refractivity contribution in [2.45, 2.75) is 6.54 Å². The van der Waals surface area contributed by atoms with Crippen LogP contribution in [0.3, 0.4) is 0 Å². The number of imidazole rings is 1. The topological polar surface area (TPSA) is 74.8 Å². The fourth-order valence-electron chi connectivity index (χ4n) is 1.87. The molecule has 0 fully saturated rings. The van der Waals surface area contributed by atoms with Gasteiger partial charge in [0.15, 0.2) is 5.82 Å². The van der Waals surface area contributed by atoms with Crippen LogP contribution in [0.2, 0.25) is 0 Å². The maximum atomic E-state index is 12.3. The highest BCUT2D eigenvalue weighted by Crippen LogP contribution is 2.20. The number of carbonyl (C=O) groups is 1. The first-order valence-corrected chi connectivity index (χ1v) is 7.21. The molecule has 3 rings (SSSR count). The van der Waals surface area contributed by atoms with Crippen LogP contribution in [0.1, 0.15) is 16.2 Å². The summed E-state index contributed by atoms with van der Waals surface area (Å²) in [7, 11) is 1.72. The number of aromatic amines is 1. The van der Waals surface area contributed by atoms with E-state index in [0.29, 0.717) is 17.9 Å². The summed E-state index contributed by atoms with van der Waals surface area (Å²) in [4.78, 5) is 30.4. The first kappa shape index (κ1) is 13.4. The fraction of sp³-hybridized carbons (Fsp3) is 0.143. The number of hydrogen-bond acceptors (Lipinski definition) is 5. The van der Waals surface area contributed by atoms with Crippen molar-refractivity contribution >= 4 is 17.2 Å². The molecule has 3 heterocycles. The third kappa shape index (κ3) is 2.97. The molecule has 0 unspecified atom stereocenters. The average Bonchev–Trinajstić information content (AvgIpc) is 3.20. The van der Waals surface area contributed by atoms with Gasteiger partial charge in [-0.15, -0.1) is 11.3 Å². The predicted molar refractivity (Wildman–Crippen MR) is 79.7 cm³/mol. The zero-order valence-corrected chi connectivity index (χ0v) is 12.2. The molecule has 106 valence electrons. The molecule has 0 spiro atoms. The van der Waals surface area contributed by atoms with Crippen LogP contribution in [0.25, 0.3) is 10.7 Å². The van der Waals surface area contributed by atoms with Crippen molar-refractivity contribution in [3.8, 4) is 10.7 Å². The summed E-state index contributed by atoms with van der Waals surface area (Å²) in [6, 6.07) is 3.89. The summed E-state index contributed by atoms with van der Waals surface area (Å²) in [5.74, 6) is 1.24. The summed E-state index contributed by atoms with van der Waals surface area (Å²) in [5, 5.41) is 1.97. The van der Waals surface area contributed by atoms with E-state index in [2.05, 4.69) is 19.9 Å². The third-order valence-corrected chi connectivity index (χ3v) is 3.79. The minimum atomic E-state index is -0.135. The highest BCUT2D eigenvalue weighted by Gasteiger charge is 2.14. The number of thiophene rings is 1. The predicted octanol–water partition coefficient (Wildman–Crippen LogP) is 2.20. The minimum absolute atomic E-state index is 0.135. The Labute approximate surface area is 125 Å². The molecular formula is C14H13N5OS. The lowest BCUT2D eigenvalue weighted by Gasteiger charge is -2.15. The van der Waals surface area contributed by atoms with E-state index in [-0.39, 0.29) is 5.91 Å². The third-order valence-electron chi connectivity index (χ3n) is 2.93. The molecular weight excluding hydrogens is 286 g/mol. The van der Waals surface area contributed by atoms with E-state index in [9.17, 15) is 4.79 Å². The molecule has 0 aromatic carbocycles. The first-order chi connectivity index (χ1) is 10.2. The van der Waals surface area contributed by atoms with Crippen LogP contribution in [0.5, 0.6) is 0 Å². The van der Waals surface area contributed by atoms with Crippen molar-refractivity contribution in [3.05, 3.63) is 53.7 Å². The molecule has 6 nitrogen and oxygen atoms in total. The van der Waals surface area contributed by atoms with Crippen LogP contribution in [0.4, 0.5) is 0 Å². The van der Waals surface area contributed by atoms with Gasteiger partial charge in [0.1, 0.15) is 5.82 Å². The van der Waals surface area contributed by atoms with Crippen LogP contribution >= 0.6 is 11.3 Å². The number of amides is 1. The van der Waals surface area contributed by atoms with Crippen LogP contribution in [0, 0.1) is 0 Å². The van der Waals surface area contributed by atoms with Gasteiger partial charge in [-0.3, -0.25) is 4.79 Å². The van der Waals surface area contributed by atoms with E-state index in [0.717, 1.165) is 10.7 Å². The quantitative estimate of drug-likeness (QED) is 0.801.